The van der Waals surface area contributed by atoms with Crippen LogP contribution in [0, 0.1) is 0 Å². The first kappa shape index (κ1) is 30.2. The van der Waals surface area contributed by atoms with Crippen molar-refractivity contribution in [2.45, 2.75) is 12.8 Å². The third-order valence-corrected chi connectivity index (χ3v) is 0.707. The van der Waals surface area contributed by atoms with Crippen LogP contribution >= 0.6 is 24.4 Å². The fourth-order valence-corrected chi connectivity index (χ4v) is 0.177. The van der Waals surface area contributed by atoms with E-state index in [1.54, 1.807) is 0 Å². The molecule has 0 radical (unpaired) electrons. The number of hydrogen-bond donors (Lipinski definition) is 0. The van der Waals surface area contributed by atoms with E-state index in [2.05, 4.69) is 24.4 Å². The molecule has 0 aliphatic carbocycles. The Labute approximate surface area is 125 Å². The van der Waals surface area contributed by atoms with Gasteiger partial charge in [0.2, 0.25) is 0 Å². The summed E-state index contributed by atoms with van der Waals surface area (Å²) in [6, 6.07) is 0. The van der Waals surface area contributed by atoms with Crippen LogP contribution in [0.4, 0.5) is 0 Å². The smallest absolute Gasteiger partial charge is 0 e. The van der Waals surface area contributed by atoms with E-state index >= 15 is 0 Å². The third-order valence-electron chi connectivity index (χ3n) is 0.707. The summed E-state index contributed by atoms with van der Waals surface area (Å²) in [4.78, 5) is 0. The number of nitrogens with one attached hydrogen (secondary N) is 4. The molecule has 0 atom stereocenters. The zero-order valence-corrected chi connectivity index (χ0v) is 12.3. The van der Waals surface area contributed by atoms with Crippen LogP contribution in [-0.4, -0.2) is 36.5 Å². The van der Waals surface area contributed by atoms with Crippen LogP contribution in [0.25, 0.3) is 33.8 Å². The molecule has 9 heteroatoms. The Balaban J connectivity index is -0.0000000381. The molecule has 0 amide bonds. The van der Waals surface area contributed by atoms with Gasteiger partial charge in [-0.1, -0.05) is 37.3 Å². The zero-order valence-electron chi connectivity index (χ0n) is 9.36. The van der Waals surface area contributed by atoms with Gasteiger partial charge in [-0.2, -0.15) is 36.5 Å². The fraction of sp³-hybridized carbons (Fsp3) is 0.750. The standard InChI is InChI=1S/2C3H8N2.2CNS.Cr/c2*4-2-1-3-5;2*2-1-3;/h2*4-5H,1-3H2;;;/q2*-2;2*-1;. The molecule has 0 aliphatic rings. The Morgan fingerprint density at radius 1 is 0.706 bits per heavy atom. The van der Waals surface area contributed by atoms with Gasteiger partial charge in [0.25, 0.3) is 0 Å². The molecular weight excluding hydrogens is 296 g/mol. The molecule has 0 fully saturated rings. The summed E-state index contributed by atoms with van der Waals surface area (Å²) in [5.74, 6) is 0. The van der Waals surface area contributed by atoms with Crippen LogP contribution < -0.4 is 0 Å². The monoisotopic (exact) mass is 312 g/mol. The second-order valence-corrected chi connectivity index (χ2v) is 2.25. The Kier molecular flexibility index (Phi) is 100. The third kappa shape index (κ3) is 198. The van der Waals surface area contributed by atoms with Crippen molar-refractivity contribution in [2.24, 2.45) is 0 Å². The SMILES string of the molecule is [Cr].[N-]=C=S.[N-]=C=S.[NH-]CCC[NH-].[NH-]CCC[NH-]. The average Bonchev–Trinajstić information content (AvgIpc) is 2.23. The van der Waals surface area contributed by atoms with Gasteiger partial charge >= 0.3 is 0 Å². The minimum Gasteiger partial charge on any atom is -0.753 e. The van der Waals surface area contributed by atoms with Gasteiger partial charge in [-0.15, -0.1) is 0 Å². The molecule has 0 aromatic rings. The van der Waals surface area contributed by atoms with Crippen LogP contribution in [-0.2, 0) is 17.4 Å². The molecule has 6 nitrogen and oxygen atoms in total. The molecule has 0 spiro atoms. The van der Waals surface area contributed by atoms with Crippen molar-refractivity contribution in [1.82, 2.24) is 0 Å². The van der Waals surface area contributed by atoms with Gasteiger partial charge in [0.15, 0.2) is 0 Å². The molecule has 4 N–H and O–H groups in total. The Morgan fingerprint density at radius 3 is 0.824 bits per heavy atom. The molecule has 0 aliphatic heterocycles. The predicted molar refractivity (Wildman–Crippen MR) is 77.9 cm³/mol. The summed E-state index contributed by atoms with van der Waals surface area (Å²) in [6.07, 6.45) is 1.44. The van der Waals surface area contributed by atoms with Crippen molar-refractivity contribution < 1.29 is 17.4 Å². The molecule has 0 aromatic carbocycles. The van der Waals surface area contributed by atoms with Gasteiger partial charge in [0.1, 0.15) is 0 Å². The van der Waals surface area contributed by atoms with Crippen molar-refractivity contribution in [3.8, 4) is 0 Å². The molecule has 17 heavy (non-hydrogen) atoms. The average molecular weight is 312 g/mol. The first-order valence-corrected chi connectivity index (χ1v) is 5.09. The number of hydrogen-bond acceptors (Lipinski definition) is 2. The molecule has 0 heterocycles. The molecule has 0 bridgehead atoms. The van der Waals surface area contributed by atoms with Crippen molar-refractivity contribution in [1.29, 1.82) is 0 Å². The Bertz CT molecular complexity index is 136. The van der Waals surface area contributed by atoms with Gasteiger partial charge in [-0.05, 0) is 0 Å². The minimum absolute atomic E-state index is 0. The normalized spacial score (nSPS) is 5.88. The maximum absolute atomic E-state index is 7.13. The minimum atomic E-state index is 0. The van der Waals surface area contributed by atoms with Gasteiger partial charge in [-0.3, -0.25) is 0 Å². The first-order valence-electron chi connectivity index (χ1n) is 4.27. The molecule has 0 rings (SSSR count). The molecule has 0 unspecified atom stereocenters. The van der Waals surface area contributed by atoms with E-state index in [0.717, 1.165) is 12.8 Å². The first-order chi connectivity index (χ1) is 7.66. The molecular formula is C8H16CrN6S2-6. The maximum Gasteiger partial charge on any atom is 0 e. The van der Waals surface area contributed by atoms with Gasteiger partial charge in [0, 0.05) is 17.4 Å². The van der Waals surface area contributed by atoms with Crippen LogP contribution in [0.1, 0.15) is 12.8 Å². The number of thiocarbonyl (C=S) groups is 2. The van der Waals surface area contributed by atoms with E-state index in [-0.39, 0.29) is 17.4 Å². The quantitative estimate of drug-likeness (QED) is 0.564. The number of rotatable bonds is 4. The van der Waals surface area contributed by atoms with Crippen molar-refractivity contribution in [2.75, 3.05) is 26.2 Å². The molecule has 0 aromatic heterocycles. The van der Waals surface area contributed by atoms with E-state index in [0.29, 0.717) is 26.2 Å². The second kappa shape index (κ2) is 56.3. The fourth-order valence-electron chi connectivity index (χ4n) is 0.177. The summed E-state index contributed by atoms with van der Waals surface area (Å²) >= 11 is 7.40. The molecule has 0 saturated heterocycles. The Hall–Kier alpha value is -0.0275. The Morgan fingerprint density at radius 2 is 0.824 bits per heavy atom. The van der Waals surface area contributed by atoms with Crippen molar-refractivity contribution in [3.63, 3.8) is 0 Å². The summed E-state index contributed by atoms with van der Waals surface area (Å²) < 4.78 is 0. The van der Waals surface area contributed by atoms with E-state index in [1.807, 2.05) is 0 Å². The van der Waals surface area contributed by atoms with Crippen LogP contribution in [0.2, 0.25) is 0 Å². The van der Waals surface area contributed by atoms with E-state index in [1.165, 1.54) is 10.3 Å². The van der Waals surface area contributed by atoms with Crippen LogP contribution in [0.15, 0.2) is 0 Å². The summed E-state index contributed by atoms with van der Waals surface area (Å²) in [5, 5.41) is 16.9. The predicted octanol–water partition coefficient (Wildman–Crippen LogP) is 4.28. The van der Waals surface area contributed by atoms with E-state index in [4.69, 9.17) is 33.8 Å². The number of isothiocyanates is 2. The van der Waals surface area contributed by atoms with Crippen LogP contribution in [0.3, 0.4) is 0 Å². The summed E-state index contributed by atoms with van der Waals surface area (Å²) in [5.41, 5.74) is 25.9. The maximum atomic E-state index is 7.13. The molecule has 0 saturated carbocycles. The number of nitrogens with zero attached hydrogens (tertiary/aromatic N) is 2. The van der Waals surface area contributed by atoms with Gasteiger partial charge in [-0.25, -0.2) is 0 Å². The van der Waals surface area contributed by atoms with Crippen molar-refractivity contribution >= 4 is 34.8 Å². The largest absolute Gasteiger partial charge is 0.753 e. The summed E-state index contributed by atoms with van der Waals surface area (Å²) in [6.45, 7) is 1.62. The second-order valence-electron chi connectivity index (χ2n) is 1.89. The molecule has 102 valence electrons. The zero-order chi connectivity index (χ0) is 13.7. The topological polar surface area (TPSA) is 140 Å². The summed E-state index contributed by atoms with van der Waals surface area (Å²) in [7, 11) is 0. The van der Waals surface area contributed by atoms with E-state index in [9.17, 15) is 0 Å². The van der Waals surface area contributed by atoms with E-state index < -0.39 is 0 Å². The van der Waals surface area contributed by atoms with Crippen molar-refractivity contribution in [3.05, 3.63) is 33.8 Å². The van der Waals surface area contributed by atoms with Crippen LogP contribution in [0.5, 0.6) is 0 Å². The van der Waals surface area contributed by atoms with Gasteiger partial charge < -0.3 is 33.8 Å². The van der Waals surface area contributed by atoms with Gasteiger partial charge in [0.05, 0.1) is 0 Å².